The Morgan fingerprint density at radius 3 is 2.04 bits per heavy atom. The maximum absolute atomic E-state index is 12.8. The fraction of sp³-hybridized carbons (Fsp3) is 0.333. The van der Waals surface area contributed by atoms with Gasteiger partial charge in [0.1, 0.15) is 11.5 Å². The number of benzene rings is 2. The molecule has 148 valence electrons. The molecule has 0 radical (unpaired) electrons. The van der Waals surface area contributed by atoms with Crippen LogP contribution in [0, 0.1) is 0 Å². The molecule has 0 aromatic heterocycles. The Hall–Kier alpha value is -3.22. The number of carbonyl (C=O) groups excluding carboxylic acids is 2. The third-order valence-electron chi connectivity index (χ3n) is 4.74. The second-order valence-corrected chi connectivity index (χ2v) is 6.52. The van der Waals surface area contributed by atoms with E-state index in [1.165, 1.54) is 0 Å². The highest BCUT2D eigenvalue weighted by Gasteiger charge is 2.25. The van der Waals surface area contributed by atoms with Gasteiger partial charge in [-0.1, -0.05) is 30.3 Å². The molecule has 3 rings (SSSR count). The predicted octanol–water partition coefficient (Wildman–Crippen LogP) is 2.37. The first kappa shape index (κ1) is 19.5. The molecule has 2 aromatic rings. The monoisotopic (exact) mass is 383 g/mol. The van der Waals surface area contributed by atoms with Crippen LogP contribution in [-0.4, -0.2) is 62.1 Å². The normalized spacial score (nSPS) is 13.8. The highest BCUT2D eigenvalue weighted by molar-refractivity contribution is 5.95. The van der Waals surface area contributed by atoms with Crippen molar-refractivity contribution in [1.82, 2.24) is 15.1 Å². The van der Waals surface area contributed by atoms with Crippen molar-refractivity contribution in [2.75, 3.05) is 40.4 Å². The SMILES string of the molecule is COc1cc(OC)cc(C(=O)N2CCN(C(=O)NCc3ccccc3)CC2)c1. The molecule has 0 aliphatic carbocycles. The summed E-state index contributed by atoms with van der Waals surface area (Å²) in [7, 11) is 3.10. The van der Waals surface area contributed by atoms with E-state index in [-0.39, 0.29) is 11.9 Å². The molecule has 0 atom stereocenters. The van der Waals surface area contributed by atoms with Crippen LogP contribution in [0.4, 0.5) is 4.79 Å². The van der Waals surface area contributed by atoms with Crippen molar-refractivity contribution < 1.29 is 19.1 Å². The van der Waals surface area contributed by atoms with Crippen molar-refractivity contribution in [3.8, 4) is 11.5 Å². The maximum Gasteiger partial charge on any atom is 0.317 e. The smallest absolute Gasteiger partial charge is 0.317 e. The van der Waals surface area contributed by atoms with Gasteiger partial charge >= 0.3 is 6.03 Å². The minimum absolute atomic E-state index is 0.0958. The van der Waals surface area contributed by atoms with Crippen molar-refractivity contribution in [2.45, 2.75) is 6.54 Å². The van der Waals surface area contributed by atoms with Gasteiger partial charge in [-0.3, -0.25) is 4.79 Å². The lowest BCUT2D eigenvalue weighted by molar-refractivity contribution is 0.0664. The Bertz CT molecular complexity index is 795. The highest BCUT2D eigenvalue weighted by Crippen LogP contribution is 2.23. The van der Waals surface area contributed by atoms with Crippen LogP contribution < -0.4 is 14.8 Å². The zero-order valence-corrected chi connectivity index (χ0v) is 16.2. The van der Waals surface area contributed by atoms with E-state index in [1.807, 2.05) is 30.3 Å². The summed E-state index contributed by atoms with van der Waals surface area (Å²) in [5, 5.41) is 2.93. The number of urea groups is 1. The summed E-state index contributed by atoms with van der Waals surface area (Å²) in [4.78, 5) is 28.7. The highest BCUT2D eigenvalue weighted by atomic mass is 16.5. The molecular formula is C21H25N3O4. The molecule has 0 unspecified atom stereocenters. The van der Waals surface area contributed by atoms with Crippen LogP contribution in [0.1, 0.15) is 15.9 Å². The number of rotatable bonds is 5. The van der Waals surface area contributed by atoms with Gasteiger partial charge in [-0.2, -0.15) is 0 Å². The quantitative estimate of drug-likeness (QED) is 0.861. The number of ether oxygens (including phenoxy) is 2. The summed E-state index contributed by atoms with van der Waals surface area (Å²) in [6.45, 7) is 2.44. The molecule has 1 aliphatic heterocycles. The Morgan fingerprint density at radius 2 is 1.46 bits per heavy atom. The Kier molecular flexibility index (Phi) is 6.37. The van der Waals surface area contributed by atoms with Gasteiger partial charge in [0.25, 0.3) is 5.91 Å². The first-order chi connectivity index (χ1) is 13.6. The number of piperazine rings is 1. The summed E-state index contributed by atoms with van der Waals surface area (Å²) >= 11 is 0. The maximum atomic E-state index is 12.8. The third-order valence-corrected chi connectivity index (χ3v) is 4.74. The molecule has 3 amide bonds. The average molecular weight is 383 g/mol. The summed E-state index contributed by atoms with van der Waals surface area (Å²) in [5.74, 6) is 1.05. The fourth-order valence-electron chi connectivity index (χ4n) is 3.11. The van der Waals surface area contributed by atoms with Gasteiger partial charge in [-0.15, -0.1) is 0 Å². The molecule has 28 heavy (non-hydrogen) atoms. The molecule has 1 saturated heterocycles. The van der Waals surface area contributed by atoms with Gasteiger partial charge in [-0.05, 0) is 17.7 Å². The summed E-state index contributed by atoms with van der Waals surface area (Å²) < 4.78 is 10.5. The molecule has 0 spiro atoms. The number of nitrogens with one attached hydrogen (secondary N) is 1. The van der Waals surface area contributed by atoms with Gasteiger partial charge in [0.05, 0.1) is 14.2 Å². The van der Waals surface area contributed by atoms with Gasteiger partial charge in [0, 0.05) is 44.4 Å². The van der Waals surface area contributed by atoms with Crippen LogP contribution in [0.3, 0.4) is 0 Å². The molecule has 7 nitrogen and oxygen atoms in total. The number of methoxy groups -OCH3 is 2. The molecule has 7 heteroatoms. The second-order valence-electron chi connectivity index (χ2n) is 6.52. The van der Waals surface area contributed by atoms with Crippen molar-refractivity contribution in [3.63, 3.8) is 0 Å². The third kappa shape index (κ3) is 4.73. The van der Waals surface area contributed by atoms with Gasteiger partial charge in [-0.25, -0.2) is 4.79 Å². The fourth-order valence-corrected chi connectivity index (χ4v) is 3.11. The number of hydrogen-bond donors (Lipinski definition) is 1. The molecule has 1 heterocycles. The minimum atomic E-state index is -0.112. The largest absolute Gasteiger partial charge is 0.497 e. The summed E-state index contributed by atoms with van der Waals surface area (Å²) in [5.41, 5.74) is 1.56. The molecule has 0 saturated carbocycles. The van der Waals surface area contributed by atoms with E-state index in [9.17, 15) is 9.59 Å². The molecular weight excluding hydrogens is 358 g/mol. The molecule has 0 bridgehead atoms. The van der Waals surface area contributed by atoms with Crippen LogP contribution in [0.5, 0.6) is 11.5 Å². The van der Waals surface area contributed by atoms with Crippen molar-refractivity contribution in [2.24, 2.45) is 0 Å². The lowest BCUT2D eigenvalue weighted by Crippen LogP contribution is -2.53. The summed E-state index contributed by atoms with van der Waals surface area (Å²) in [6.07, 6.45) is 0. The lowest BCUT2D eigenvalue weighted by atomic mass is 10.1. The Balaban J connectivity index is 1.54. The van der Waals surface area contributed by atoms with Crippen molar-refractivity contribution in [3.05, 3.63) is 59.7 Å². The standard InChI is InChI=1S/C21H25N3O4/c1-27-18-12-17(13-19(14-18)28-2)20(25)23-8-10-24(11-9-23)21(26)22-15-16-6-4-3-5-7-16/h3-7,12-14H,8-11,15H2,1-2H3,(H,22,26). The van der Waals surface area contributed by atoms with Gasteiger partial charge in [0.15, 0.2) is 0 Å². The molecule has 1 N–H and O–H groups in total. The first-order valence-electron chi connectivity index (χ1n) is 9.19. The average Bonchev–Trinajstić information content (AvgIpc) is 2.77. The van der Waals surface area contributed by atoms with Crippen LogP contribution >= 0.6 is 0 Å². The zero-order chi connectivity index (χ0) is 19.9. The molecule has 1 fully saturated rings. The van der Waals surface area contributed by atoms with Gasteiger partial charge < -0.3 is 24.6 Å². The first-order valence-corrected chi connectivity index (χ1v) is 9.19. The van der Waals surface area contributed by atoms with Crippen molar-refractivity contribution in [1.29, 1.82) is 0 Å². The molecule has 1 aliphatic rings. The Morgan fingerprint density at radius 1 is 0.893 bits per heavy atom. The van der Waals surface area contributed by atoms with E-state index in [0.29, 0.717) is 49.8 Å². The van der Waals surface area contributed by atoms with E-state index < -0.39 is 0 Å². The topological polar surface area (TPSA) is 71.1 Å². The molecule has 2 aromatic carbocycles. The van der Waals surface area contributed by atoms with Crippen molar-refractivity contribution >= 4 is 11.9 Å². The Labute approximate surface area is 164 Å². The van der Waals surface area contributed by atoms with Gasteiger partial charge in [0.2, 0.25) is 0 Å². The van der Waals surface area contributed by atoms with Crippen LogP contribution in [-0.2, 0) is 6.54 Å². The number of hydrogen-bond acceptors (Lipinski definition) is 4. The van der Waals surface area contributed by atoms with Crippen LogP contribution in [0.25, 0.3) is 0 Å². The minimum Gasteiger partial charge on any atom is -0.497 e. The number of nitrogens with zero attached hydrogens (tertiary/aromatic N) is 2. The number of amides is 3. The van der Waals surface area contributed by atoms with E-state index in [2.05, 4.69) is 5.32 Å². The van der Waals surface area contributed by atoms with Crippen LogP contribution in [0.15, 0.2) is 48.5 Å². The van der Waals surface area contributed by atoms with E-state index in [0.717, 1.165) is 5.56 Å². The summed E-state index contributed by atoms with van der Waals surface area (Å²) in [6, 6.07) is 14.8. The zero-order valence-electron chi connectivity index (χ0n) is 16.2. The lowest BCUT2D eigenvalue weighted by Gasteiger charge is -2.34. The van der Waals surface area contributed by atoms with Crippen LogP contribution in [0.2, 0.25) is 0 Å². The number of carbonyl (C=O) groups is 2. The second kappa shape index (κ2) is 9.12. The predicted molar refractivity (Wildman–Crippen MR) is 106 cm³/mol. The van der Waals surface area contributed by atoms with E-state index in [4.69, 9.17) is 9.47 Å². The van der Waals surface area contributed by atoms with E-state index >= 15 is 0 Å². The van der Waals surface area contributed by atoms with E-state index in [1.54, 1.807) is 42.2 Å².